The third kappa shape index (κ3) is 8.98. The summed E-state index contributed by atoms with van der Waals surface area (Å²) in [7, 11) is 0. The molecule has 1 unspecified atom stereocenters. The first kappa shape index (κ1) is 31.4. The lowest BCUT2D eigenvalue weighted by molar-refractivity contribution is -0.115. The van der Waals surface area contributed by atoms with Crippen molar-refractivity contribution in [2.45, 2.75) is 30.9 Å². The minimum absolute atomic E-state index is 0.0701. The Morgan fingerprint density at radius 1 is 0.907 bits per heavy atom. The Labute approximate surface area is 260 Å². The fraction of sp³-hybridized carbons (Fsp3) is 0.147. The van der Waals surface area contributed by atoms with E-state index in [1.165, 1.54) is 11.8 Å². The van der Waals surface area contributed by atoms with Crippen molar-refractivity contribution in [2.75, 3.05) is 17.2 Å². The molecule has 0 aromatic heterocycles. The molecule has 0 aliphatic rings. The van der Waals surface area contributed by atoms with Gasteiger partial charge in [-0.1, -0.05) is 54.1 Å². The van der Waals surface area contributed by atoms with Crippen molar-refractivity contribution in [1.29, 1.82) is 0 Å². The van der Waals surface area contributed by atoms with Gasteiger partial charge in [-0.05, 0) is 92.6 Å². The van der Waals surface area contributed by atoms with Crippen molar-refractivity contribution in [3.8, 4) is 5.75 Å². The van der Waals surface area contributed by atoms with Gasteiger partial charge in [0.25, 0.3) is 11.8 Å². The number of halogens is 1. The van der Waals surface area contributed by atoms with Gasteiger partial charge < -0.3 is 20.7 Å². The Balaban J connectivity index is 1.49. The van der Waals surface area contributed by atoms with E-state index in [1.54, 1.807) is 72.8 Å². The van der Waals surface area contributed by atoms with Gasteiger partial charge in [-0.3, -0.25) is 14.4 Å². The average molecular weight is 614 g/mol. The second-order valence-electron chi connectivity index (χ2n) is 9.52. The smallest absolute Gasteiger partial charge is 0.272 e. The van der Waals surface area contributed by atoms with Gasteiger partial charge in [-0.2, -0.15) is 0 Å². The van der Waals surface area contributed by atoms with Crippen LogP contribution in [0.15, 0.2) is 108 Å². The largest absolute Gasteiger partial charge is 0.494 e. The molecule has 4 rings (SSSR count). The molecule has 1 atom stereocenters. The summed E-state index contributed by atoms with van der Waals surface area (Å²) in [5.41, 5.74) is 3.18. The quantitative estimate of drug-likeness (QED) is 0.120. The van der Waals surface area contributed by atoms with Crippen molar-refractivity contribution < 1.29 is 19.1 Å². The van der Waals surface area contributed by atoms with Crippen LogP contribution in [0.3, 0.4) is 0 Å². The summed E-state index contributed by atoms with van der Waals surface area (Å²) in [4.78, 5) is 40.1. The van der Waals surface area contributed by atoms with E-state index in [4.69, 9.17) is 16.3 Å². The highest BCUT2D eigenvalue weighted by Gasteiger charge is 2.18. The zero-order valence-electron chi connectivity index (χ0n) is 24.0. The predicted octanol–water partition coefficient (Wildman–Crippen LogP) is 7.58. The van der Waals surface area contributed by atoms with Crippen LogP contribution in [-0.4, -0.2) is 29.6 Å². The lowest BCUT2D eigenvalue weighted by Crippen LogP contribution is -2.30. The van der Waals surface area contributed by atoms with E-state index >= 15 is 0 Å². The Kier molecular flexibility index (Phi) is 11.0. The first-order valence-electron chi connectivity index (χ1n) is 13.7. The van der Waals surface area contributed by atoms with Gasteiger partial charge in [0.1, 0.15) is 11.4 Å². The zero-order chi connectivity index (χ0) is 30.8. The van der Waals surface area contributed by atoms with Crippen molar-refractivity contribution in [3.63, 3.8) is 0 Å². The molecule has 0 aliphatic heterocycles. The molecule has 0 heterocycles. The Morgan fingerprint density at radius 3 is 2.35 bits per heavy atom. The molecule has 4 aromatic rings. The number of anilines is 2. The number of amides is 3. The summed E-state index contributed by atoms with van der Waals surface area (Å²) in [5, 5.41) is 8.70. The van der Waals surface area contributed by atoms with Gasteiger partial charge in [-0.25, -0.2) is 0 Å². The van der Waals surface area contributed by atoms with Crippen LogP contribution in [-0.2, 0) is 9.59 Å². The van der Waals surface area contributed by atoms with Gasteiger partial charge in [0.2, 0.25) is 5.91 Å². The first-order chi connectivity index (χ1) is 20.7. The van der Waals surface area contributed by atoms with Gasteiger partial charge in [0, 0.05) is 26.9 Å². The number of nitrogens with one attached hydrogen (secondary N) is 3. The number of thioether (sulfide) groups is 1. The fourth-order valence-corrected chi connectivity index (χ4v) is 5.12. The van der Waals surface area contributed by atoms with Crippen LogP contribution in [0.5, 0.6) is 5.75 Å². The summed E-state index contributed by atoms with van der Waals surface area (Å²) in [6.45, 7) is 6.10. The zero-order valence-corrected chi connectivity index (χ0v) is 25.6. The number of hydrogen-bond acceptors (Lipinski definition) is 5. The maximum absolute atomic E-state index is 13.5. The maximum Gasteiger partial charge on any atom is 0.272 e. The summed E-state index contributed by atoms with van der Waals surface area (Å²) in [5.74, 6) is -0.373. The Bertz CT molecular complexity index is 1620. The normalized spacial score (nSPS) is 11.8. The number of ether oxygens (including phenoxy) is 1. The summed E-state index contributed by atoms with van der Waals surface area (Å²) < 4.78 is 5.51. The van der Waals surface area contributed by atoms with E-state index < -0.39 is 17.1 Å². The van der Waals surface area contributed by atoms with E-state index in [1.807, 2.05) is 51.1 Å². The molecule has 220 valence electrons. The predicted molar refractivity (Wildman–Crippen MR) is 175 cm³/mol. The molecule has 3 N–H and O–H groups in total. The highest BCUT2D eigenvalue weighted by atomic mass is 35.5. The molecule has 0 saturated heterocycles. The summed E-state index contributed by atoms with van der Waals surface area (Å²) >= 11 is 7.54. The fourth-order valence-electron chi connectivity index (χ4n) is 4.02. The SMILES string of the molecule is CCOc1ccc(/C=C(/NC(=O)c2ccccc2)C(=O)Nc2cccc(SC(C)C(=O)Nc3cccc(Cl)c3C)c2)cc1. The second kappa shape index (κ2) is 15.1. The van der Waals surface area contributed by atoms with Crippen molar-refractivity contribution in [2.24, 2.45) is 0 Å². The molecule has 0 aliphatic carbocycles. The number of hydrogen-bond donors (Lipinski definition) is 3. The minimum atomic E-state index is -0.498. The van der Waals surface area contributed by atoms with Crippen molar-refractivity contribution >= 4 is 58.5 Å². The second-order valence-corrected chi connectivity index (χ2v) is 11.3. The van der Waals surface area contributed by atoms with Gasteiger partial charge in [-0.15, -0.1) is 11.8 Å². The maximum atomic E-state index is 13.5. The molecule has 43 heavy (non-hydrogen) atoms. The lowest BCUT2D eigenvalue weighted by atomic mass is 10.1. The van der Waals surface area contributed by atoms with Gasteiger partial charge in [0.05, 0.1) is 11.9 Å². The number of carbonyl (C=O) groups excluding carboxylic acids is 3. The number of benzene rings is 4. The van der Waals surface area contributed by atoms with Crippen molar-refractivity contribution in [3.05, 3.63) is 124 Å². The molecule has 0 fully saturated rings. The molecule has 3 amide bonds. The van der Waals surface area contributed by atoms with Crippen LogP contribution in [0.25, 0.3) is 6.08 Å². The molecule has 9 heteroatoms. The van der Waals surface area contributed by atoms with E-state index in [2.05, 4.69) is 16.0 Å². The van der Waals surface area contributed by atoms with E-state index in [9.17, 15) is 14.4 Å². The van der Waals surface area contributed by atoms with E-state index in [-0.39, 0.29) is 11.6 Å². The summed E-state index contributed by atoms with van der Waals surface area (Å²) in [6.07, 6.45) is 1.61. The molecule has 0 radical (unpaired) electrons. The standard InChI is InChI=1S/C34H32ClN3O4S/c1-4-42-27-18-16-24(17-19-27)20-31(38-33(40)25-10-6-5-7-11-25)34(41)36-26-12-8-13-28(21-26)43-23(3)32(39)37-30-15-9-14-29(35)22(30)2/h5-21,23H,4H2,1-3H3,(H,36,41)(H,37,39)(H,38,40)/b31-20+. The van der Waals surface area contributed by atoms with Crippen molar-refractivity contribution in [1.82, 2.24) is 5.32 Å². The molecule has 0 saturated carbocycles. The van der Waals surface area contributed by atoms with Crippen LogP contribution in [0, 0.1) is 6.92 Å². The molecule has 0 bridgehead atoms. The number of rotatable bonds is 11. The van der Waals surface area contributed by atoms with Gasteiger partial charge in [0.15, 0.2) is 0 Å². The third-order valence-electron chi connectivity index (χ3n) is 6.33. The Morgan fingerprint density at radius 2 is 1.63 bits per heavy atom. The van der Waals surface area contributed by atoms with Crippen LogP contribution in [0.1, 0.15) is 35.3 Å². The summed E-state index contributed by atoms with van der Waals surface area (Å²) in [6, 6.07) is 28.4. The average Bonchev–Trinajstić information content (AvgIpc) is 3.00. The topological polar surface area (TPSA) is 96.5 Å². The highest BCUT2D eigenvalue weighted by molar-refractivity contribution is 8.00. The molecular weight excluding hydrogens is 582 g/mol. The van der Waals surface area contributed by atoms with E-state index in [0.717, 1.165) is 10.5 Å². The molecule has 0 spiro atoms. The van der Waals surface area contributed by atoms with Crippen LogP contribution < -0.4 is 20.7 Å². The third-order valence-corrected chi connectivity index (χ3v) is 7.83. The lowest BCUT2D eigenvalue weighted by Gasteiger charge is -2.15. The number of carbonyl (C=O) groups is 3. The molecular formula is C34H32ClN3O4S. The van der Waals surface area contributed by atoms with E-state index in [0.29, 0.717) is 39.9 Å². The Hall–Kier alpha value is -4.53. The van der Waals surface area contributed by atoms with Crippen LogP contribution >= 0.6 is 23.4 Å². The van der Waals surface area contributed by atoms with Gasteiger partial charge >= 0.3 is 0 Å². The first-order valence-corrected chi connectivity index (χ1v) is 14.9. The minimum Gasteiger partial charge on any atom is -0.494 e. The van der Waals surface area contributed by atoms with Crippen LogP contribution in [0.4, 0.5) is 11.4 Å². The van der Waals surface area contributed by atoms with Crippen LogP contribution in [0.2, 0.25) is 5.02 Å². The highest BCUT2D eigenvalue weighted by Crippen LogP contribution is 2.28. The molecule has 4 aromatic carbocycles. The monoisotopic (exact) mass is 613 g/mol. The molecule has 7 nitrogen and oxygen atoms in total.